The van der Waals surface area contributed by atoms with E-state index in [9.17, 15) is 4.79 Å². The normalized spacial score (nSPS) is 10.8. The van der Waals surface area contributed by atoms with Gasteiger partial charge in [-0.1, -0.05) is 13.8 Å². The Morgan fingerprint density at radius 2 is 2.33 bits per heavy atom. The molecular weight excluding hydrogens is 284 g/mol. The van der Waals surface area contributed by atoms with Crippen molar-refractivity contribution in [2.24, 2.45) is 5.92 Å². The Hall–Kier alpha value is -2.13. The van der Waals surface area contributed by atoms with Gasteiger partial charge in [0.15, 0.2) is 0 Å². The van der Waals surface area contributed by atoms with Gasteiger partial charge < -0.3 is 10.6 Å². The van der Waals surface area contributed by atoms with E-state index >= 15 is 0 Å². The number of anilines is 1. The molecule has 6 heteroatoms. The van der Waals surface area contributed by atoms with Gasteiger partial charge in [-0.05, 0) is 12.0 Å². The van der Waals surface area contributed by atoms with Gasteiger partial charge in [-0.15, -0.1) is 11.3 Å². The van der Waals surface area contributed by atoms with Gasteiger partial charge in [-0.3, -0.25) is 9.78 Å². The highest BCUT2D eigenvalue weighted by Crippen LogP contribution is 2.33. The van der Waals surface area contributed by atoms with E-state index in [-0.39, 0.29) is 5.91 Å². The molecule has 0 saturated carbocycles. The largest absolute Gasteiger partial charge is 0.397 e. The number of nitriles is 1. The zero-order chi connectivity index (χ0) is 15.4. The van der Waals surface area contributed by atoms with Crippen molar-refractivity contribution in [2.45, 2.75) is 20.3 Å². The van der Waals surface area contributed by atoms with Crippen LogP contribution in [0.3, 0.4) is 0 Å². The lowest BCUT2D eigenvalue weighted by Crippen LogP contribution is -2.34. The molecule has 2 heterocycles. The second-order valence-corrected chi connectivity index (χ2v) is 6.32. The average Bonchev–Trinajstić information content (AvgIpc) is 2.80. The van der Waals surface area contributed by atoms with Gasteiger partial charge in [0.2, 0.25) is 0 Å². The molecule has 1 amide bonds. The zero-order valence-electron chi connectivity index (χ0n) is 12.2. The van der Waals surface area contributed by atoms with E-state index < -0.39 is 0 Å². The molecule has 0 aromatic carbocycles. The summed E-state index contributed by atoms with van der Waals surface area (Å²) in [5, 5.41) is 9.62. The third kappa shape index (κ3) is 3.31. The summed E-state index contributed by atoms with van der Waals surface area (Å²) in [6.45, 7) is 5.14. The van der Waals surface area contributed by atoms with Crippen LogP contribution in [0.1, 0.15) is 29.9 Å². The fraction of sp³-hybridized carbons (Fsp3) is 0.400. The number of nitrogen functional groups attached to an aromatic ring is 1. The SMILES string of the molecule is CC(C)CN(CCC#N)C(=O)c1sc2cnccc2c1N. The van der Waals surface area contributed by atoms with Crippen molar-refractivity contribution in [2.75, 3.05) is 18.8 Å². The van der Waals surface area contributed by atoms with Crippen molar-refractivity contribution in [3.63, 3.8) is 0 Å². The maximum atomic E-state index is 12.7. The maximum Gasteiger partial charge on any atom is 0.266 e. The Morgan fingerprint density at radius 3 is 2.95 bits per heavy atom. The Balaban J connectivity index is 2.33. The lowest BCUT2D eigenvalue weighted by Gasteiger charge is -2.23. The summed E-state index contributed by atoms with van der Waals surface area (Å²) in [5.41, 5.74) is 6.61. The number of aromatic nitrogens is 1. The first kappa shape index (κ1) is 15.3. The number of pyridine rings is 1. The van der Waals surface area contributed by atoms with E-state index in [1.54, 1.807) is 17.3 Å². The van der Waals surface area contributed by atoms with Crippen molar-refractivity contribution in [3.05, 3.63) is 23.3 Å². The van der Waals surface area contributed by atoms with Gasteiger partial charge in [-0.2, -0.15) is 5.26 Å². The molecule has 0 saturated heterocycles. The number of amides is 1. The number of carbonyl (C=O) groups is 1. The van der Waals surface area contributed by atoms with Crippen molar-refractivity contribution in [1.82, 2.24) is 9.88 Å². The summed E-state index contributed by atoms with van der Waals surface area (Å²) in [6.07, 6.45) is 3.71. The van der Waals surface area contributed by atoms with E-state index in [0.29, 0.717) is 36.0 Å². The number of hydrogen-bond acceptors (Lipinski definition) is 5. The predicted molar refractivity (Wildman–Crippen MR) is 85.0 cm³/mol. The molecule has 0 aliphatic heterocycles. The van der Waals surface area contributed by atoms with Crippen LogP contribution in [-0.4, -0.2) is 28.9 Å². The Morgan fingerprint density at radius 1 is 1.57 bits per heavy atom. The van der Waals surface area contributed by atoms with Crippen LogP contribution >= 0.6 is 11.3 Å². The van der Waals surface area contributed by atoms with Crippen LogP contribution in [0, 0.1) is 17.2 Å². The van der Waals surface area contributed by atoms with Gasteiger partial charge in [0, 0.05) is 30.9 Å². The molecular formula is C15H18N4OS. The Bertz CT molecular complexity index is 687. The van der Waals surface area contributed by atoms with Crippen molar-refractivity contribution in [1.29, 1.82) is 5.26 Å². The third-order valence-corrected chi connectivity index (χ3v) is 4.24. The van der Waals surface area contributed by atoms with E-state index in [1.807, 2.05) is 19.9 Å². The highest BCUT2D eigenvalue weighted by molar-refractivity contribution is 7.21. The maximum absolute atomic E-state index is 12.7. The Kier molecular flexibility index (Phi) is 4.76. The standard InChI is InChI=1S/C15H18N4OS/c1-10(2)9-19(7-3-5-16)15(20)14-13(17)11-4-6-18-8-12(11)21-14/h4,6,8,10H,3,7,9,17H2,1-2H3. The van der Waals surface area contributed by atoms with Crippen LogP contribution in [0.2, 0.25) is 0 Å². The quantitative estimate of drug-likeness (QED) is 0.920. The predicted octanol–water partition coefficient (Wildman–Crippen LogP) is 2.89. The van der Waals surface area contributed by atoms with Gasteiger partial charge in [0.05, 0.1) is 22.9 Å². The summed E-state index contributed by atoms with van der Waals surface area (Å²) in [6, 6.07) is 3.91. The monoisotopic (exact) mass is 302 g/mol. The number of thiophene rings is 1. The van der Waals surface area contributed by atoms with Crippen LogP contribution in [-0.2, 0) is 0 Å². The molecule has 5 nitrogen and oxygen atoms in total. The van der Waals surface area contributed by atoms with E-state index in [0.717, 1.165) is 10.1 Å². The molecule has 0 aliphatic carbocycles. The van der Waals surface area contributed by atoms with E-state index in [2.05, 4.69) is 11.1 Å². The number of carbonyl (C=O) groups excluding carboxylic acids is 1. The summed E-state index contributed by atoms with van der Waals surface area (Å²) in [4.78, 5) is 19.0. The van der Waals surface area contributed by atoms with E-state index in [4.69, 9.17) is 11.0 Å². The molecule has 2 N–H and O–H groups in total. The minimum absolute atomic E-state index is 0.0994. The van der Waals surface area contributed by atoms with Crippen molar-refractivity contribution >= 4 is 33.0 Å². The average molecular weight is 302 g/mol. The number of nitrogens with zero attached hydrogens (tertiary/aromatic N) is 3. The van der Waals surface area contributed by atoms with Crippen molar-refractivity contribution < 1.29 is 4.79 Å². The minimum Gasteiger partial charge on any atom is -0.397 e. The first-order valence-corrected chi connectivity index (χ1v) is 7.64. The summed E-state index contributed by atoms with van der Waals surface area (Å²) in [5.74, 6) is 0.238. The summed E-state index contributed by atoms with van der Waals surface area (Å²) in [7, 11) is 0. The first-order valence-electron chi connectivity index (χ1n) is 6.82. The number of rotatable bonds is 5. The molecule has 0 radical (unpaired) electrons. The Labute approximate surface area is 128 Å². The fourth-order valence-corrected chi connectivity index (χ4v) is 3.23. The van der Waals surface area contributed by atoms with Gasteiger partial charge in [-0.25, -0.2) is 0 Å². The first-order chi connectivity index (χ1) is 10.0. The number of nitrogens with two attached hydrogens (primary N) is 1. The lowest BCUT2D eigenvalue weighted by atomic mass is 10.2. The van der Waals surface area contributed by atoms with Crippen LogP contribution in [0.25, 0.3) is 10.1 Å². The summed E-state index contributed by atoms with van der Waals surface area (Å²) >= 11 is 1.36. The van der Waals surface area contributed by atoms with Crippen LogP contribution in [0.5, 0.6) is 0 Å². The van der Waals surface area contributed by atoms with Gasteiger partial charge in [0.1, 0.15) is 4.88 Å². The van der Waals surface area contributed by atoms with Crippen LogP contribution < -0.4 is 5.73 Å². The molecule has 0 spiro atoms. The van der Waals surface area contributed by atoms with Gasteiger partial charge >= 0.3 is 0 Å². The number of fused-ring (bicyclic) bond motifs is 1. The molecule has 2 aromatic heterocycles. The molecule has 0 fully saturated rings. The van der Waals surface area contributed by atoms with Crippen LogP contribution in [0.4, 0.5) is 5.69 Å². The zero-order valence-corrected chi connectivity index (χ0v) is 13.0. The molecule has 0 bridgehead atoms. The molecule has 2 rings (SSSR count). The van der Waals surface area contributed by atoms with Gasteiger partial charge in [0.25, 0.3) is 5.91 Å². The highest BCUT2D eigenvalue weighted by atomic mass is 32.1. The fourth-order valence-electron chi connectivity index (χ4n) is 2.18. The topological polar surface area (TPSA) is 83.0 Å². The second-order valence-electron chi connectivity index (χ2n) is 5.27. The van der Waals surface area contributed by atoms with E-state index in [1.165, 1.54) is 11.3 Å². The highest BCUT2D eigenvalue weighted by Gasteiger charge is 2.22. The molecule has 2 aromatic rings. The molecule has 0 unspecified atom stereocenters. The lowest BCUT2D eigenvalue weighted by molar-refractivity contribution is 0.0746. The molecule has 21 heavy (non-hydrogen) atoms. The van der Waals surface area contributed by atoms with Crippen LogP contribution in [0.15, 0.2) is 18.5 Å². The third-order valence-electron chi connectivity index (χ3n) is 3.09. The molecule has 0 atom stereocenters. The smallest absolute Gasteiger partial charge is 0.266 e. The molecule has 0 aliphatic rings. The summed E-state index contributed by atoms with van der Waals surface area (Å²) < 4.78 is 0.906. The molecule has 110 valence electrons. The minimum atomic E-state index is -0.0994. The number of hydrogen-bond donors (Lipinski definition) is 1. The second kappa shape index (κ2) is 6.55. The van der Waals surface area contributed by atoms with Crippen molar-refractivity contribution in [3.8, 4) is 6.07 Å².